The Kier molecular flexibility index (Phi) is 32.5. The first-order chi connectivity index (χ1) is 9.77. The zero-order chi connectivity index (χ0) is 16.6. The number of aliphatic carboxylic acids is 1. The van der Waals surface area contributed by atoms with Crippen LogP contribution < -0.4 is 0 Å². The fraction of sp³-hybridized carbons (Fsp3) is 0.929. The number of hydrogen-bond donors (Lipinski definition) is 3. The van der Waals surface area contributed by atoms with Crippen LogP contribution in [0.2, 0.25) is 0 Å². The van der Waals surface area contributed by atoms with Gasteiger partial charge in [-0.05, 0) is 6.42 Å². The molecule has 9 heteroatoms. The maximum atomic E-state index is 10.3. The molecule has 0 amide bonds. The number of carboxylic acid groups (broad SMARTS) is 1. The van der Waals surface area contributed by atoms with Crippen LogP contribution in [0.3, 0.4) is 0 Å². The summed E-state index contributed by atoms with van der Waals surface area (Å²) in [5, 5.41) is 8.46. The average Bonchev–Trinajstić information content (AvgIpc) is 2.33. The Morgan fingerprint density at radius 1 is 0.739 bits per heavy atom. The molecule has 0 aromatic carbocycles. The van der Waals surface area contributed by atoms with Gasteiger partial charge in [0.1, 0.15) is 0 Å². The Morgan fingerprint density at radius 3 is 1.26 bits per heavy atom. The first-order valence-electron chi connectivity index (χ1n) is 7.69. The van der Waals surface area contributed by atoms with Crippen LogP contribution in [0, 0.1) is 0 Å². The molecule has 0 radical (unpaired) electrons. The van der Waals surface area contributed by atoms with E-state index in [9.17, 15) is 4.79 Å². The summed E-state index contributed by atoms with van der Waals surface area (Å²) in [5.74, 6) is -0.657. The monoisotopic (exact) mass is 374 g/mol. The van der Waals surface area contributed by atoms with Gasteiger partial charge in [0.05, 0.1) is 0 Å². The predicted octanol–water partition coefficient (Wildman–Crippen LogP) is 2.82. The van der Waals surface area contributed by atoms with Crippen LogP contribution in [-0.4, -0.2) is 87.7 Å². The van der Waals surface area contributed by atoms with Crippen molar-refractivity contribution >= 4 is 75.5 Å². The van der Waals surface area contributed by atoms with Crippen molar-refractivity contribution in [3.63, 3.8) is 0 Å². The molecule has 0 aromatic heterocycles. The van der Waals surface area contributed by atoms with Crippen molar-refractivity contribution in [1.29, 1.82) is 0 Å². The summed E-state index contributed by atoms with van der Waals surface area (Å²) in [6.07, 6.45) is 14.4. The Hall–Kier alpha value is 1.34. The molecule has 0 heterocycles. The van der Waals surface area contributed by atoms with Gasteiger partial charge >= 0.3 is 75.5 Å². The summed E-state index contributed by atoms with van der Waals surface area (Å²) in [6.45, 7) is 2.25. The molecule has 0 aliphatic rings. The van der Waals surface area contributed by atoms with E-state index < -0.39 is 16.4 Å². The van der Waals surface area contributed by atoms with Crippen molar-refractivity contribution in [3.8, 4) is 0 Å². The van der Waals surface area contributed by atoms with Gasteiger partial charge < -0.3 is 5.11 Å². The first kappa shape index (κ1) is 32.0. The molecule has 0 fully saturated rings. The number of carbonyl (C=O) groups is 1. The van der Waals surface area contributed by atoms with E-state index in [0.29, 0.717) is 6.42 Å². The van der Waals surface area contributed by atoms with Gasteiger partial charge in [0, 0.05) is 6.42 Å². The van der Waals surface area contributed by atoms with E-state index in [2.05, 4.69) is 6.92 Å². The molecule has 0 atom stereocenters. The van der Waals surface area contributed by atoms with Crippen LogP contribution in [0.1, 0.15) is 84.0 Å². The standard InChI is InChI=1S/C14H28O2.2Na.H2O4S.2H/c1-2-3-4-5-6-7-8-9-10-11-12-13-14(15)16;;;1-5(2,3)4;;/h2-13H2,1H3,(H,15,16);;;(H2,1,2,3,4);;. The van der Waals surface area contributed by atoms with Gasteiger partial charge in [0.2, 0.25) is 0 Å². The third-order valence-corrected chi connectivity index (χ3v) is 2.99. The third kappa shape index (κ3) is 51.7. The van der Waals surface area contributed by atoms with E-state index in [1.54, 1.807) is 0 Å². The van der Waals surface area contributed by atoms with E-state index in [1.807, 2.05) is 0 Å². The van der Waals surface area contributed by atoms with E-state index in [4.69, 9.17) is 22.6 Å². The molecule has 3 N–H and O–H groups in total. The number of unbranched alkanes of at least 4 members (excludes halogenated alkanes) is 10. The van der Waals surface area contributed by atoms with E-state index in [1.165, 1.54) is 57.8 Å². The average molecular weight is 374 g/mol. The second kappa shape index (κ2) is 23.3. The molecule has 0 aliphatic heterocycles. The molecule has 0 saturated heterocycles. The van der Waals surface area contributed by atoms with Crippen molar-refractivity contribution in [2.75, 3.05) is 0 Å². The fourth-order valence-corrected chi connectivity index (χ4v) is 1.94. The van der Waals surface area contributed by atoms with Crippen molar-refractivity contribution in [1.82, 2.24) is 0 Å². The normalized spacial score (nSPS) is 9.87. The molecule has 0 spiro atoms. The fourth-order valence-electron chi connectivity index (χ4n) is 1.94. The molecule has 132 valence electrons. The molecule has 0 unspecified atom stereocenters. The van der Waals surface area contributed by atoms with Gasteiger partial charge in [0.25, 0.3) is 0 Å². The maximum absolute atomic E-state index is 10.3. The zero-order valence-electron chi connectivity index (χ0n) is 13.0. The van der Waals surface area contributed by atoms with Gasteiger partial charge in [-0.25, -0.2) is 0 Å². The Morgan fingerprint density at radius 2 is 1.00 bits per heavy atom. The molecule has 6 nitrogen and oxygen atoms in total. The predicted molar refractivity (Wildman–Crippen MR) is 97.2 cm³/mol. The molecule has 0 aliphatic carbocycles. The molecule has 0 rings (SSSR count). The van der Waals surface area contributed by atoms with Crippen molar-refractivity contribution in [2.24, 2.45) is 0 Å². The molecular weight excluding hydrogens is 342 g/mol. The van der Waals surface area contributed by atoms with Gasteiger partial charge in [-0.1, -0.05) is 71.1 Å². The minimum absolute atomic E-state index is 0. The number of rotatable bonds is 12. The SMILES string of the molecule is CCCCCCCCCCCCCC(=O)O.O=S(=O)(O)O.[NaH].[NaH]. The van der Waals surface area contributed by atoms with Crippen LogP contribution in [0.4, 0.5) is 0 Å². The van der Waals surface area contributed by atoms with E-state index >= 15 is 0 Å². The summed E-state index contributed by atoms with van der Waals surface area (Å²) in [7, 11) is -4.67. The van der Waals surface area contributed by atoms with Crippen LogP contribution in [-0.2, 0) is 15.2 Å². The van der Waals surface area contributed by atoms with Gasteiger partial charge in [0.15, 0.2) is 0 Å². The van der Waals surface area contributed by atoms with E-state index in [-0.39, 0.29) is 59.1 Å². The topological polar surface area (TPSA) is 112 Å². The molecule has 0 aromatic rings. The van der Waals surface area contributed by atoms with Gasteiger partial charge in [-0.3, -0.25) is 13.9 Å². The van der Waals surface area contributed by atoms with Crippen molar-refractivity contribution in [2.45, 2.75) is 84.0 Å². The minimum atomic E-state index is -4.67. The van der Waals surface area contributed by atoms with Crippen molar-refractivity contribution in [3.05, 3.63) is 0 Å². The van der Waals surface area contributed by atoms with Crippen LogP contribution in [0.25, 0.3) is 0 Å². The zero-order valence-corrected chi connectivity index (χ0v) is 13.8. The Labute approximate surface area is 185 Å². The third-order valence-electron chi connectivity index (χ3n) is 2.99. The number of carboxylic acids is 1. The summed E-state index contributed by atoms with van der Waals surface area (Å²) in [6, 6.07) is 0. The molecule has 23 heavy (non-hydrogen) atoms. The Balaban J connectivity index is -0.000000225. The van der Waals surface area contributed by atoms with Gasteiger partial charge in [-0.15, -0.1) is 0 Å². The Bertz CT molecular complexity index is 328. The van der Waals surface area contributed by atoms with Crippen LogP contribution in [0.15, 0.2) is 0 Å². The molecule has 0 bridgehead atoms. The van der Waals surface area contributed by atoms with Crippen LogP contribution in [0.5, 0.6) is 0 Å². The summed E-state index contributed by atoms with van der Waals surface area (Å²) in [5.41, 5.74) is 0. The van der Waals surface area contributed by atoms with Gasteiger partial charge in [-0.2, -0.15) is 8.42 Å². The summed E-state index contributed by atoms with van der Waals surface area (Å²) in [4.78, 5) is 10.3. The number of hydrogen-bond acceptors (Lipinski definition) is 3. The summed E-state index contributed by atoms with van der Waals surface area (Å²) < 4.78 is 31.6. The molecule has 0 saturated carbocycles. The second-order valence-corrected chi connectivity index (χ2v) is 6.02. The quantitative estimate of drug-likeness (QED) is 0.275. The van der Waals surface area contributed by atoms with Crippen LogP contribution >= 0.6 is 0 Å². The molecular formula is C14H32Na2O6S. The van der Waals surface area contributed by atoms with Crippen molar-refractivity contribution < 1.29 is 27.4 Å². The summed E-state index contributed by atoms with van der Waals surface area (Å²) >= 11 is 0. The second-order valence-electron chi connectivity index (χ2n) is 5.13. The first-order valence-corrected chi connectivity index (χ1v) is 9.08. The van der Waals surface area contributed by atoms with E-state index in [0.717, 1.165) is 12.8 Å².